The number of hydrogen-bond donors (Lipinski definition) is 0. The molecule has 1 aromatic carbocycles. The molecule has 2 rings (SSSR count). The fourth-order valence-electron chi connectivity index (χ4n) is 1.88. The number of hydrogen-bond acceptors (Lipinski definition) is 4. The number of benzene rings is 1. The van der Waals surface area contributed by atoms with Crippen LogP contribution in [-0.4, -0.2) is 13.1 Å². The van der Waals surface area contributed by atoms with Gasteiger partial charge in [-0.25, -0.2) is 4.79 Å². The molecular formula is C16H13NO2S. The molecule has 1 heterocycles. The van der Waals surface area contributed by atoms with Gasteiger partial charge in [0.05, 0.1) is 18.2 Å². The topological polar surface area (TPSA) is 50.1 Å². The van der Waals surface area contributed by atoms with Crippen molar-refractivity contribution in [3.8, 4) is 6.07 Å². The molecule has 0 saturated heterocycles. The number of thiophene rings is 1. The lowest BCUT2D eigenvalue weighted by atomic mass is 10.0. The molecule has 0 aliphatic rings. The van der Waals surface area contributed by atoms with E-state index in [4.69, 9.17) is 4.74 Å². The van der Waals surface area contributed by atoms with Crippen LogP contribution in [0.25, 0.3) is 11.6 Å². The molecule has 0 bridgehead atoms. The molecule has 0 fully saturated rings. The summed E-state index contributed by atoms with van der Waals surface area (Å²) in [7, 11) is 1.33. The van der Waals surface area contributed by atoms with Gasteiger partial charge < -0.3 is 4.74 Å². The first-order valence-corrected chi connectivity index (χ1v) is 6.87. The largest absolute Gasteiger partial charge is 0.465 e. The van der Waals surface area contributed by atoms with Gasteiger partial charge in [0.1, 0.15) is 6.07 Å². The highest BCUT2D eigenvalue weighted by atomic mass is 32.1. The molecule has 0 N–H and O–H groups in total. The van der Waals surface area contributed by atoms with Crippen LogP contribution in [-0.2, 0) is 4.74 Å². The molecule has 0 aliphatic heterocycles. The minimum absolute atomic E-state index is 0.405. The van der Waals surface area contributed by atoms with Crippen LogP contribution >= 0.6 is 11.3 Å². The van der Waals surface area contributed by atoms with Crippen LogP contribution in [0.5, 0.6) is 0 Å². The van der Waals surface area contributed by atoms with E-state index in [2.05, 4.69) is 6.07 Å². The first-order valence-electron chi connectivity index (χ1n) is 6.05. The van der Waals surface area contributed by atoms with Crippen molar-refractivity contribution in [1.82, 2.24) is 0 Å². The molecule has 100 valence electrons. The second-order valence-electron chi connectivity index (χ2n) is 4.01. The number of nitrogens with zero attached hydrogens (tertiary/aromatic N) is 1. The summed E-state index contributed by atoms with van der Waals surface area (Å²) < 4.78 is 6.70. The molecular weight excluding hydrogens is 270 g/mol. The maximum absolute atomic E-state index is 11.8. The maximum Gasteiger partial charge on any atom is 0.338 e. The molecule has 0 amide bonds. The number of rotatable bonds is 2. The molecule has 2 aromatic rings. The standard InChI is InChI=1S/C16H13NO2S/c1-3-11-8-9-15(20-11)14(10-17)12-6-4-5-7-13(12)16(18)19-2/h3-9H,1-2H3/b11-3-,15-14-. The number of carbonyl (C=O) groups excluding carboxylic acids is 1. The third-order valence-corrected chi connectivity index (χ3v) is 4.04. The predicted octanol–water partition coefficient (Wildman–Crippen LogP) is 2.06. The quantitative estimate of drug-likeness (QED) is 0.793. The first-order chi connectivity index (χ1) is 9.71. The van der Waals surface area contributed by atoms with Crippen LogP contribution in [0, 0.1) is 11.3 Å². The lowest BCUT2D eigenvalue weighted by Crippen LogP contribution is -2.08. The Morgan fingerprint density at radius 2 is 1.95 bits per heavy atom. The van der Waals surface area contributed by atoms with Crippen molar-refractivity contribution in [3.63, 3.8) is 0 Å². The van der Waals surface area contributed by atoms with E-state index in [9.17, 15) is 10.1 Å². The minimum atomic E-state index is -0.438. The van der Waals surface area contributed by atoms with Crippen molar-refractivity contribution in [2.24, 2.45) is 0 Å². The predicted molar refractivity (Wildman–Crippen MR) is 79.6 cm³/mol. The highest BCUT2D eigenvalue weighted by molar-refractivity contribution is 7.07. The summed E-state index contributed by atoms with van der Waals surface area (Å²) in [5.74, 6) is -0.438. The number of carbonyl (C=O) groups is 1. The number of esters is 1. The van der Waals surface area contributed by atoms with Crippen LogP contribution in [0.2, 0.25) is 0 Å². The zero-order chi connectivity index (χ0) is 14.5. The highest BCUT2D eigenvalue weighted by Crippen LogP contribution is 2.17. The van der Waals surface area contributed by atoms with Gasteiger partial charge in [-0.2, -0.15) is 5.26 Å². The Kier molecular flexibility index (Phi) is 4.34. The summed E-state index contributed by atoms with van der Waals surface area (Å²) in [5, 5.41) is 9.45. The molecule has 0 aliphatic carbocycles. The molecule has 0 radical (unpaired) electrons. The lowest BCUT2D eigenvalue weighted by molar-refractivity contribution is 0.0600. The van der Waals surface area contributed by atoms with Crippen molar-refractivity contribution in [2.45, 2.75) is 6.92 Å². The van der Waals surface area contributed by atoms with E-state index in [-0.39, 0.29) is 0 Å². The summed E-state index contributed by atoms with van der Waals surface area (Å²) in [6.45, 7) is 1.95. The van der Waals surface area contributed by atoms with Gasteiger partial charge in [-0.3, -0.25) is 0 Å². The molecule has 20 heavy (non-hydrogen) atoms. The Morgan fingerprint density at radius 3 is 2.50 bits per heavy atom. The van der Waals surface area contributed by atoms with Crippen LogP contribution in [0.15, 0.2) is 36.4 Å². The Balaban J connectivity index is 2.75. The zero-order valence-electron chi connectivity index (χ0n) is 11.2. The Bertz CT molecular complexity index is 796. The Labute approximate surface area is 121 Å². The molecule has 0 spiro atoms. The number of ether oxygens (including phenoxy) is 1. The third kappa shape index (κ3) is 2.63. The molecule has 3 nitrogen and oxygen atoms in total. The van der Waals surface area contributed by atoms with E-state index in [0.29, 0.717) is 16.7 Å². The van der Waals surface area contributed by atoms with Crippen molar-refractivity contribution in [3.05, 3.63) is 56.6 Å². The SMILES string of the molecule is C/C=c1/cc/c(=C(\C#N)c2ccccc2C(=O)OC)s1. The van der Waals surface area contributed by atoms with Crippen molar-refractivity contribution >= 4 is 29.0 Å². The molecule has 4 heteroatoms. The highest BCUT2D eigenvalue weighted by Gasteiger charge is 2.14. The average Bonchev–Trinajstić information content (AvgIpc) is 2.96. The molecule has 0 unspecified atom stereocenters. The van der Waals surface area contributed by atoms with Gasteiger partial charge in [-0.15, -0.1) is 11.3 Å². The van der Waals surface area contributed by atoms with E-state index in [1.807, 2.05) is 25.1 Å². The Hall–Kier alpha value is -2.38. The summed E-state index contributed by atoms with van der Waals surface area (Å²) in [4.78, 5) is 11.8. The zero-order valence-corrected chi connectivity index (χ0v) is 12.0. The fraction of sp³-hybridized carbons (Fsp3) is 0.125. The summed E-state index contributed by atoms with van der Waals surface area (Å²) in [6.07, 6.45) is 1.98. The monoisotopic (exact) mass is 283 g/mol. The Morgan fingerprint density at radius 1 is 1.25 bits per heavy atom. The summed E-state index contributed by atoms with van der Waals surface area (Å²) in [5.41, 5.74) is 1.50. The normalized spacial score (nSPS) is 12.8. The number of nitriles is 1. The third-order valence-electron chi connectivity index (χ3n) is 2.87. The van der Waals surface area contributed by atoms with Gasteiger partial charge in [0, 0.05) is 14.6 Å². The maximum atomic E-state index is 11.8. The van der Waals surface area contributed by atoms with Crippen LogP contribution in [0.1, 0.15) is 22.8 Å². The minimum Gasteiger partial charge on any atom is -0.465 e. The molecule has 1 aromatic heterocycles. The van der Waals surface area contributed by atoms with Gasteiger partial charge in [0.15, 0.2) is 0 Å². The second-order valence-corrected chi connectivity index (χ2v) is 5.13. The van der Waals surface area contributed by atoms with Gasteiger partial charge in [-0.05, 0) is 25.1 Å². The van der Waals surface area contributed by atoms with E-state index in [0.717, 1.165) is 9.06 Å². The van der Waals surface area contributed by atoms with E-state index in [1.54, 1.807) is 24.3 Å². The van der Waals surface area contributed by atoms with Crippen molar-refractivity contribution < 1.29 is 9.53 Å². The van der Waals surface area contributed by atoms with Gasteiger partial charge >= 0.3 is 5.97 Å². The fourth-order valence-corrected chi connectivity index (χ4v) is 2.78. The molecule has 0 atom stereocenters. The van der Waals surface area contributed by atoms with Gasteiger partial charge in [-0.1, -0.05) is 24.3 Å². The van der Waals surface area contributed by atoms with Crippen LogP contribution < -0.4 is 9.06 Å². The average molecular weight is 283 g/mol. The second kappa shape index (κ2) is 6.18. The molecule has 0 saturated carbocycles. The van der Waals surface area contributed by atoms with Crippen molar-refractivity contribution in [2.75, 3.05) is 7.11 Å². The van der Waals surface area contributed by atoms with Gasteiger partial charge in [0.25, 0.3) is 0 Å². The van der Waals surface area contributed by atoms with E-state index in [1.165, 1.54) is 18.4 Å². The van der Waals surface area contributed by atoms with E-state index < -0.39 is 5.97 Å². The summed E-state index contributed by atoms with van der Waals surface area (Å²) >= 11 is 1.52. The van der Waals surface area contributed by atoms with E-state index >= 15 is 0 Å². The summed E-state index contributed by atoms with van der Waals surface area (Å²) in [6, 6.07) is 13.0. The van der Waals surface area contributed by atoms with Gasteiger partial charge in [0.2, 0.25) is 0 Å². The van der Waals surface area contributed by atoms with Crippen LogP contribution in [0.3, 0.4) is 0 Å². The van der Waals surface area contributed by atoms with Crippen LogP contribution in [0.4, 0.5) is 0 Å². The van der Waals surface area contributed by atoms with Crippen molar-refractivity contribution in [1.29, 1.82) is 5.26 Å². The first kappa shape index (κ1) is 14.0. The lowest BCUT2D eigenvalue weighted by Gasteiger charge is -2.05. The number of methoxy groups -OCH3 is 1. The smallest absolute Gasteiger partial charge is 0.338 e.